The van der Waals surface area contributed by atoms with Crippen LogP contribution in [0.2, 0.25) is 0 Å². The number of benzene rings is 3. The summed E-state index contributed by atoms with van der Waals surface area (Å²) in [6.45, 7) is 4.16. The molecule has 1 spiro atoms. The van der Waals surface area contributed by atoms with Gasteiger partial charge in [-0.25, -0.2) is 0 Å². The minimum atomic E-state index is -0.701. The zero-order valence-corrected chi connectivity index (χ0v) is 21.8. The molecule has 2 aliphatic carbocycles. The fraction of sp³-hybridized carbons (Fsp3) is 0.406. The van der Waals surface area contributed by atoms with E-state index in [4.69, 9.17) is 9.47 Å². The van der Waals surface area contributed by atoms with Crippen LogP contribution in [0.3, 0.4) is 0 Å². The Morgan fingerprint density at radius 3 is 2.57 bits per heavy atom. The minimum absolute atomic E-state index is 0.231. The maximum atomic E-state index is 12.0. The van der Waals surface area contributed by atoms with E-state index in [1.54, 1.807) is 7.11 Å². The zero-order chi connectivity index (χ0) is 25.6. The third-order valence-electron chi connectivity index (χ3n) is 8.78. The molecule has 0 amide bonds. The molecule has 0 aromatic heterocycles. The minimum Gasteiger partial charge on any atom is -0.496 e. The number of nitrogens with zero attached hydrogens (tertiary/aromatic N) is 1. The average Bonchev–Trinajstić information content (AvgIpc) is 3.31. The molecule has 1 saturated carbocycles. The summed E-state index contributed by atoms with van der Waals surface area (Å²) in [5.74, 6) is 1.01. The second kappa shape index (κ2) is 9.53. The van der Waals surface area contributed by atoms with Gasteiger partial charge < -0.3 is 14.6 Å². The Kier molecular flexibility index (Phi) is 6.20. The highest BCUT2D eigenvalue weighted by atomic mass is 16.5. The van der Waals surface area contributed by atoms with E-state index in [2.05, 4.69) is 54.3 Å². The van der Waals surface area contributed by atoms with Crippen molar-refractivity contribution in [2.24, 2.45) is 5.41 Å². The Hall–Kier alpha value is -3.31. The first-order valence-corrected chi connectivity index (χ1v) is 13.4. The number of hydrogen-bond acceptors (Lipinski definition) is 4. The van der Waals surface area contributed by atoms with Crippen LogP contribution in [0.15, 0.2) is 54.6 Å². The van der Waals surface area contributed by atoms with E-state index < -0.39 is 12.0 Å². The molecule has 3 aromatic rings. The number of fused-ring (bicyclic) bond motifs is 1. The largest absolute Gasteiger partial charge is 0.496 e. The Morgan fingerprint density at radius 1 is 1.05 bits per heavy atom. The van der Waals surface area contributed by atoms with Crippen LogP contribution in [-0.4, -0.2) is 35.7 Å². The van der Waals surface area contributed by atoms with Crippen LogP contribution in [0, 0.1) is 12.3 Å². The fourth-order valence-electron chi connectivity index (χ4n) is 6.50. The molecule has 6 rings (SSSR count). The Labute approximate surface area is 219 Å². The maximum Gasteiger partial charge on any atom is 0.320 e. The molecule has 1 heterocycles. The van der Waals surface area contributed by atoms with E-state index in [1.165, 1.54) is 33.4 Å². The molecule has 5 nitrogen and oxygen atoms in total. The van der Waals surface area contributed by atoms with Gasteiger partial charge in [0, 0.05) is 24.7 Å². The van der Waals surface area contributed by atoms with Gasteiger partial charge in [0.05, 0.1) is 7.11 Å². The van der Waals surface area contributed by atoms with E-state index in [-0.39, 0.29) is 5.41 Å². The number of aliphatic carboxylic acids is 1. The number of methoxy groups -OCH3 is 1. The third-order valence-corrected chi connectivity index (χ3v) is 8.78. The molecule has 1 unspecified atom stereocenters. The van der Waals surface area contributed by atoms with Gasteiger partial charge >= 0.3 is 5.97 Å². The molecule has 0 radical (unpaired) electrons. The molecule has 37 heavy (non-hydrogen) atoms. The number of rotatable bonds is 8. The van der Waals surface area contributed by atoms with E-state index >= 15 is 0 Å². The molecule has 3 aromatic carbocycles. The van der Waals surface area contributed by atoms with Crippen LogP contribution in [0.25, 0.3) is 11.1 Å². The summed E-state index contributed by atoms with van der Waals surface area (Å²) in [4.78, 5) is 14.2. The normalized spacial score (nSPS) is 19.7. The van der Waals surface area contributed by atoms with Crippen molar-refractivity contribution < 1.29 is 19.4 Å². The van der Waals surface area contributed by atoms with Gasteiger partial charge in [0.2, 0.25) is 0 Å². The lowest BCUT2D eigenvalue weighted by atomic mass is 9.97. The van der Waals surface area contributed by atoms with Crippen molar-refractivity contribution in [3.05, 3.63) is 82.4 Å². The van der Waals surface area contributed by atoms with Crippen LogP contribution in [0.5, 0.6) is 11.5 Å². The summed E-state index contributed by atoms with van der Waals surface area (Å²) in [6, 6.07) is 18.5. The van der Waals surface area contributed by atoms with Gasteiger partial charge in [0.25, 0.3) is 0 Å². The highest BCUT2D eigenvalue weighted by Gasteiger charge is 2.54. The highest BCUT2D eigenvalue weighted by Crippen LogP contribution is 2.55. The van der Waals surface area contributed by atoms with Gasteiger partial charge in [-0.05, 0) is 84.2 Å². The quantitative estimate of drug-likeness (QED) is 0.403. The Balaban J connectivity index is 1.27. The molecule has 0 bridgehead atoms. The topological polar surface area (TPSA) is 59.0 Å². The Bertz CT molecular complexity index is 1330. The predicted molar refractivity (Wildman–Crippen MR) is 144 cm³/mol. The van der Waals surface area contributed by atoms with E-state index in [9.17, 15) is 9.90 Å². The number of carbonyl (C=O) groups is 1. The summed E-state index contributed by atoms with van der Waals surface area (Å²) in [5.41, 5.74) is 8.78. The highest BCUT2D eigenvalue weighted by molar-refractivity contribution is 5.74. The smallest absolute Gasteiger partial charge is 0.320 e. The molecule has 192 valence electrons. The van der Waals surface area contributed by atoms with Gasteiger partial charge in [0.1, 0.15) is 24.1 Å². The summed E-state index contributed by atoms with van der Waals surface area (Å²) >= 11 is 0. The molecule has 5 heteroatoms. The first-order valence-electron chi connectivity index (χ1n) is 13.4. The molecule has 1 saturated heterocycles. The molecular formula is C32H35NO4. The lowest BCUT2D eigenvalue weighted by Crippen LogP contribution is -2.35. The summed E-state index contributed by atoms with van der Waals surface area (Å²) in [5, 5.41) is 9.89. The van der Waals surface area contributed by atoms with Crippen molar-refractivity contribution in [1.29, 1.82) is 0 Å². The number of hydrogen-bond donors (Lipinski definition) is 1. The molecule has 1 N–H and O–H groups in total. The monoisotopic (exact) mass is 497 g/mol. The average molecular weight is 498 g/mol. The second-order valence-electron chi connectivity index (χ2n) is 11.1. The zero-order valence-electron chi connectivity index (χ0n) is 21.8. The number of carboxylic acids is 1. The number of carboxylic acid groups (broad SMARTS) is 1. The van der Waals surface area contributed by atoms with Gasteiger partial charge in [-0.1, -0.05) is 48.5 Å². The molecular weight excluding hydrogens is 462 g/mol. The molecule has 1 atom stereocenters. The summed E-state index contributed by atoms with van der Waals surface area (Å²) < 4.78 is 12.4. The Morgan fingerprint density at radius 2 is 1.84 bits per heavy atom. The van der Waals surface area contributed by atoms with Gasteiger partial charge in [-0.2, -0.15) is 0 Å². The van der Waals surface area contributed by atoms with Crippen LogP contribution >= 0.6 is 0 Å². The van der Waals surface area contributed by atoms with Gasteiger partial charge in [0.15, 0.2) is 0 Å². The van der Waals surface area contributed by atoms with Crippen molar-refractivity contribution in [2.75, 3.05) is 13.7 Å². The number of ether oxygens (including phenoxy) is 2. The standard InChI is InChI=1S/C32H35NO4/c1-21-23(10-6-11-24(21)22-8-4-3-5-9-22)19-37-30-16-29(36-2)27(25-12-7-13-26(25)30)18-33-20-32(14-15-32)17-28(33)31(34)35/h3-6,8-11,16,28H,7,12-15,17-20H2,1-2H3,(H,34,35). The van der Waals surface area contributed by atoms with Crippen molar-refractivity contribution >= 4 is 5.97 Å². The van der Waals surface area contributed by atoms with Gasteiger partial charge in [-0.3, -0.25) is 9.69 Å². The lowest BCUT2D eigenvalue weighted by molar-refractivity contribution is -0.142. The molecule has 3 aliphatic rings. The summed E-state index contributed by atoms with van der Waals surface area (Å²) in [6.07, 6.45) is 6.13. The molecule has 1 aliphatic heterocycles. The maximum absolute atomic E-state index is 12.0. The van der Waals surface area contributed by atoms with E-state index in [0.29, 0.717) is 13.2 Å². The summed E-state index contributed by atoms with van der Waals surface area (Å²) in [7, 11) is 1.71. The van der Waals surface area contributed by atoms with Crippen LogP contribution < -0.4 is 9.47 Å². The first-order chi connectivity index (χ1) is 18.0. The third kappa shape index (κ3) is 4.50. The fourth-order valence-corrected chi connectivity index (χ4v) is 6.50. The van der Waals surface area contributed by atoms with Crippen LogP contribution in [0.4, 0.5) is 0 Å². The lowest BCUT2D eigenvalue weighted by Gasteiger charge is -2.25. The van der Waals surface area contributed by atoms with Crippen LogP contribution in [0.1, 0.15) is 53.5 Å². The van der Waals surface area contributed by atoms with Crippen LogP contribution in [-0.2, 0) is 30.8 Å². The van der Waals surface area contributed by atoms with E-state index in [0.717, 1.165) is 62.1 Å². The van der Waals surface area contributed by atoms with Crippen molar-refractivity contribution in [2.45, 2.75) is 64.6 Å². The second-order valence-corrected chi connectivity index (χ2v) is 11.1. The predicted octanol–water partition coefficient (Wildman–Crippen LogP) is 6.18. The van der Waals surface area contributed by atoms with Crippen molar-refractivity contribution in [3.63, 3.8) is 0 Å². The van der Waals surface area contributed by atoms with E-state index in [1.807, 2.05) is 12.1 Å². The van der Waals surface area contributed by atoms with Gasteiger partial charge in [-0.15, -0.1) is 0 Å². The molecule has 2 fully saturated rings. The first kappa shape index (κ1) is 24.1. The SMILES string of the molecule is COc1cc(OCc2cccc(-c3ccccc3)c2C)c2c(c1CN1CC3(CC3)CC1C(=O)O)CCC2. The van der Waals surface area contributed by atoms with Crippen molar-refractivity contribution in [1.82, 2.24) is 4.90 Å². The van der Waals surface area contributed by atoms with Crippen molar-refractivity contribution in [3.8, 4) is 22.6 Å². The number of likely N-dealkylation sites (tertiary alicyclic amines) is 1.